The average molecular weight is 1980 g/mol. The lowest BCUT2D eigenvalue weighted by molar-refractivity contribution is -0.183. The molecule has 26 nitrogen and oxygen atoms in total. The van der Waals surface area contributed by atoms with Gasteiger partial charge in [0.2, 0.25) is 6.79 Å². The fourth-order valence-corrected chi connectivity index (χ4v) is 19.8. The zero-order chi connectivity index (χ0) is 103. The van der Waals surface area contributed by atoms with Crippen molar-refractivity contribution >= 4 is 71.7 Å². The Kier molecular flexibility index (Phi) is 34.5. The third kappa shape index (κ3) is 26.1. The van der Waals surface area contributed by atoms with Crippen LogP contribution < -0.4 is 14.4 Å². The minimum atomic E-state index is -0.935. The van der Waals surface area contributed by atoms with Crippen molar-refractivity contribution < 1.29 is 108 Å². The monoisotopic (exact) mass is 1970 g/mol. The normalized spacial score (nSPS) is 24.2. The number of benzene rings is 7. The quantitative estimate of drug-likeness (QED) is 0.0701. The molecule has 7 amide bonds. The van der Waals surface area contributed by atoms with Gasteiger partial charge in [-0.15, -0.1) is 11.8 Å². The molecule has 0 spiro atoms. The summed E-state index contributed by atoms with van der Waals surface area (Å²) in [6, 6.07) is 40.6. The SMILES string of the molecule is CSc1cccc([C@H]2OC(=O)N(C(C)(C)C)[C@H]2C)c1.C[C@H]1[C@@H](c2cc(F)cc(F)c2)OC(=O)N1C(C)(C)C.C[C@H]1[C@@H](c2ccc(F)c(Cl)c2)OC(=O)N1C(C)(C)C.C[C@H]1[C@@H](c2ccc(F)c(F)c2)OC(=O)N1C(C)(C)C.C[C@H]1[C@@H](c2ccc3c(c2)OCO3)OC(=O)N1C(C)(C)C.C[C@H]1[C@@H](c2cccc(C3OCCCO3)c2)OC(=O)N1C(C)(C)C.C[C@H]1[C@@H](c2cccc(N(C)C)c2)OC(=O)N1C(C)(C)C. The van der Waals surface area contributed by atoms with E-state index in [1.54, 1.807) is 42.3 Å². The minimum Gasteiger partial charge on any atom is -0.454 e. The standard InChI is InChI=1S/C18H25NO4.C16H24N2O2.C15H19NO4.C15H21NO2S.C14H17ClFNO2.2C14H17F2NO2/c1-12-15(23-17(20)19(12)18(2,3)4)13-7-5-8-14(11-13)16-21-9-6-10-22-16;1-11-14(20-15(19)18(11)16(2,3)4)12-8-7-9-13(10-12)17(5)6;1-9-13(20-14(17)16(9)15(2,3)4)10-5-6-11-12(7-10)19-8-18-11;1-10-13(11-7-6-8-12(9-11)19-5)18-14(17)16(10)15(2,3)4;1-8-12(9-5-6-11(16)10(15)7-9)19-13(18)17(8)14(2,3)4;1-8-12(9-5-10(15)7-11(16)6-9)19-13(18)17(8)14(2,3)4;1-8-12(9-5-6-10(15)11(16)7-9)19-13(18)17(8)14(2,3)4/h5,7-8,11-12,15-16H,6,9-10H2,1-4H3;7-11,14H,1-6H3;5-7,9,13H,8H2,1-4H3;6-10,13H,1-5H3;3*5-8,12H,1-4H3/t12-,15-;11-,14-;9-,13-;10-,13-;3*8-,12-/m0000000/s1. The van der Waals surface area contributed by atoms with Crippen LogP contribution in [0, 0.1) is 29.1 Å². The van der Waals surface area contributed by atoms with Crippen molar-refractivity contribution in [3.05, 3.63) is 224 Å². The van der Waals surface area contributed by atoms with Crippen molar-refractivity contribution in [2.45, 2.75) is 335 Å². The molecule has 7 aromatic rings. The van der Waals surface area contributed by atoms with Crippen LogP contribution in [0.5, 0.6) is 11.5 Å². The molecule has 8 saturated heterocycles. The van der Waals surface area contributed by atoms with Gasteiger partial charge in [-0.25, -0.2) is 55.5 Å². The van der Waals surface area contributed by atoms with Gasteiger partial charge in [0, 0.05) is 80.6 Å². The maximum absolute atomic E-state index is 13.3. The van der Waals surface area contributed by atoms with Crippen molar-refractivity contribution in [1.82, 2.24) is 34.3 Å². The Morgan fingerprint density at radius 3 is 0.950 bits per heavy atom. The molecule has 9 aliphatic heterocycles. The van der Waals surface area contributed by atoms with Gasteiger partial charge < -0.3 is 57.0 Å². The maximum Gasteiger partial charge on any atom is 0.411 e. The van der Waals surface area contributed by atoms with Gasteiger partial charge in [-0.3, -0.25) is 34.3 Å². The molecule has 14 atom stereocenters. The van der Waals surface area contributed by atoms with Gasteiger partial charge in [-0.1, -0.05) is 72.3 Å². The van der Waals surface area contributed by atoms with E-state index in [1.165, 1.54) is 35.2 Å². The first kappa shape index (κ1) is 110. The average Bonchev–Trinajstić information content (AvgIpc) is 1.62. The maximum atomic E-state index is 13.3. The first-order valence-electron chi connectivity index (χ1n) is 46.9. The van der Waals surface area contributed by atoms with E-state index < -0.39 is 65.1 Å². The molecule has 0 saturated carbocycles. The number of ether oxygens (including phenoxy) is 11. The molecule has 8 fully saturated rings. The second-order valence-electron chi connectivity index (χ2n) is 43.1. The molecule has 9 aliphatic rings. The van der Waals surface area contributed by atoms with Gasteiger partial charge in [0.25, 0.3) is 0 Å². The molecule has 0 N–H and O–H groups in total. The third-order valence-corrected chi connectivity index (χ3v) is 25.9. The third-order valence-electron chi connectivity index (χ3n) is 24.9. The molecule has 760 valence electrons. The molecule has 0 aliphatic carbocycles. The number of fused-ring (bicyclic) bond motifs is 1. The van der Waals surface area contributed by atoms with Crippen LogP contribution in [-0.2, 0) is 42.6 Å². The summed E-state index contributed by atoms with van der Waals surface area (Å²) in [5.74, 6) is -2.23. The fraction of sp³-hybridized carbons (Fsp3) is 0.538. The van der Waals surface area contributed by atoms with Crippen molar-refractivity contribution in [3.8, 4) is 11.5 Å². The number of nitrogens with zero attached hydrogens (tertiary/aromatic N) is 8. The van der Waals surface area contributed by atoms with Gasteiger partial charge in [0.05, 0.1) is 60.5 Å². The summed E-state index contributed by atoms with van der Waals surface area (Å²) in [4.78, 5) is 99.7. The Morgan fingerprint density at radius 1 is 0.317 bits per heavy atom. The number of thioether (sulfide) groups is 1. The number of hydrogen-bond acceptors (Lipinski definition) is 20. The van der Waals surface area contributed by atoms with Gasteiger partial charge in [0.1, 0.15) is 60.2 Å². The molecule has 139 heavy (non-hydrogen) atoms. The summed E-state index contributed by atoms with van der Waals surface area (Å²) in [6.45, 7) is 56.8. The molecule has 16 rings (SSSR count). The highest BCUT2D eigenvalue weighted by Gasteiger charge is 2.52. The molecule has 0 radical (unpaired) electrons. The summed E-state index contributed by atoms with van der Waals surface area (Å²) in [6.07, 6.45) is -2.20. The number of rotatable bonds is 10. The predicted molar refractivity (Wildman–Crippen MR) is 523 cm³/mol. The number of hydrogen-bond donors (Lipinski definition) is 0. The Hall–Kier alpha value is -11.0. The van der Waals surface area contributed by atoms with E-state index in [1.807, 2.05) is 302 Å². The van der Waals surface area contributed by atoms with Crippen molar-refractivity contribution in [2.24, 2.45) is 0 Å². The first-order chi connectivity index (χ1) is 64.4. The van der Waals surface area contributed by atoms with E-state index in [2.05, 4.69) is 18.2 Å². The Balaban J connectivity index is 0.000000167. The van der Waals surface area contributed by atoms with Gasteiger partial charge in [-0.2, -0.15) is 0 Å². The highest BCUT2D eigenvalue weighted by molar-refractivity contribution is 7.98. The highest BCUT2D eigenvalue weighted by atomic mass is 35.5. The van der Waals surface area contributed by atoms with E-state index in [9.17, 15) is 55.5 Å². The lowest BCUT2D eigenvalue weighted by Gasteiger charge is -2.33. The van der Waals surface area contributed by atoms with Crippen LogP contribution in [0.2, 0.25) is 5.02 Å². The molecule has 0 aromatic heterocycles. The van der Waals surface area contributed by atoms with Crippen LogP contribution in [0.25, 0.3) is 0 Å². The molecule has 0 unspecified atom stereocenters. The fourth-order valence-electron chi connectivity index (χ4n) is 19.1. The van der Waals surface area contributed by atoms with Crippen LogP contribution in [-0.4, -0.2) is 198 Å². The van der Waals surface area contributed by atoms with Gasteiger partial charge >= 0.3 is 42.7 Å². The second-order valence-corrected chi connectivity index (χ2v) is 44.4. The molecule has 9 heterocycles. The molecule has 0 bridgehead atoms. The van der Waals surface area contributed by atoms with Crippen LogP contribution in [0.1, 0.15) is 294 Å². The zero-order valence-electron chi connectivity index (χ0n) is 85.9. The van der Waals surface area contributed by atoms with E-state index in [0.717, 1.165) is 63.9 Å². The van der Waals surface area contributed by atoms with Crippen LogP contribution >= 0.6 is 23.4 Å². The zero-order valence-corrected chi connectivity index (χ0v) is 87.5. The molecule has 7 aromatic carbocycles. The Labute approximate surface area is 825 Å². The van der Waals surface area contributed by atoms with Crippen molar-refractivity contribution in [2.75, 3.05) is 45.3 Å². The number of anilines is 1. The van der Waals surface area contributed by atoms with E-state index in [0.29, 0.717) is 35.7 Å². The van der Waals surface area contributed by atoms with Crippen LogP contribution in [0.4, 0.5) is 61.2 Å². The van der Waals surface area contributed by atoms with Gasteiger partial charge in [-0.05, 0) is 319 Å². The number of cyclic esters (lactones) is 7. The topological polar surface area (TPSA) is 247 Å². The largest absolute Gasteiger partial charge is 0.454 e. The molecular formula is C106H140ClF5N8O18S. The molecule has 33 heteroatoms. The Morgan fingerprint density at radius 2 is 0.612 bits per heavy atom. The van der Waals surface area contributed by atoms with E-state index >= 15 is 0 Å². The number of halogens is 6. The number of amides is 7. The summed E-state index contributed by atoms with van der Waals surface area (Å²) in [5, 5.41) is 0.0370. The molecular weight excluding hydrogens is 1840 g/mol. The van der Waals surface area contributed by atoms with Crippen LogP contribution in [0.3, 0.4) is 0 Å². The van der Waals surface area contributed by atoms with E-state index in [4.69, 9.17) is 63.7 Å². The highest BCUT2D eigenvalue weighted by Crippen LogP contribution is 2.47. The summed E-state index contributed by atoms with van der Waals surface area (Å²) in [5.41, 5.74) is 5.52. The predicted octanol–water partition coefficient (Wildman–Crippen LogP) is 25.9. The Bertz CT molecular complexity index is 5420. The van der Waals surface area contributed by atoms with Gasteiger partial charge in [0.15, 0.2) is 29.4 Å². The lowest BCUT2D eigenvalue weighted by Crippen LogP contribution is -2.46. The van der Waals surface area contributed by atoms with Crippen molar-refractivity contribution in [1.29, 1.82) is 0 Å². The van der Waals surface area contributed by atoms with Crippen molar-refractivity contribution in [3.63, 3.8) is 0 Å². The van der Waals surface area contributed by atoms with E-state index in [-0.39, 0.29) is 149 Å². The second kappa shape index (κ2) is 43.6. The number of carbonyl (C=O) groups is 7. The number of carbonyl (C=O) groups excluding carboxylic acids is 7. The summed E-state index contributed by atoms with van der Waals surface area (Å²) in [7, 11) is 4.01. The summed E-state index contributed by atoms with van der Waals surface area (Å²) >= 11 is 7.47. The minimum absolute atomic E-state index is 0.0223. The smallest absolute Gasteiger partial charge is 0.411 e. The van der Waals surface area contributed by atoms with Crippen LogP contribution in [0.15, 0.2) is 150 Å². The summed E-state index contributed by atoms with van der Waals surface area (Å²) < 4.78 is 126. The first-order valence-corrected chi connectivity index (χ1v) is 48.5. The lowest BCUT2D eigenvalue weighted by atomic mass is 9.97.